The SMILES string of the molecule is CC(C)(C)OC(=O)CC[C@]1(c2nccs2)NC(=O)NC1=O. The van der Waals surface area contributed by atoms with E-state index in [-0.39, 0.29) is 12.8 Å². The van der Waals surface area contributed by atoms with E-state index in [1.165, 1.54) is 11.3 Å². The van der Waals surface area contributed by atoms with E-state index >= 15 is 0 Å². The van der Waals surface area contributed by atoms with Gasteiger partial charge in [0, 0.05) is 18.0 Å². The van der Waals surface area contributed by atoms with Crippen molar-refractivity contribution >= 4 is 29.2 Å². The number of carbonyl (C=O) groups is 3. The van der Waals surface area contributed by atoms with Gasteiger partial charge in [-0.15, -0.1) is 11.3 Å². The first-order chi connectivity index (χ1) is 9.73. The largest absolute Gasteiger partial charge is 0.460 e. The zero-order chi connectivity index (χ0) is 15.7. The van der Waals surface area contributed by atoms with Gasteiger partial charge in [-0.25, -0.2) is 9.78 Å². The van der Waals surface area contributed by atoms with Gasteiger partial charge in [-0.1, -0.05) is 0 Å². The Morgan fingerprint density at radius 2 is 2.14 bits per heavy atom. The van der Waals surface area contributed by atoms with E-state index in [0.717, 1.165) is 0 Å². The summed E-state index contributed by atoms with van der Waals surface area (Å²) in [6, 6.07) is -0.584. The maximum absolute atomic E-state index is 12.1. The molecule has 0 aliphatic carbocycles. The molecule has 2 rings (SSSR count). The molecule has 114 valence electrons. The number of hydrogen-bond donors (Lipinski definition) is 2. The summed E-state index contributed by atoms with van der Waals surface area (Å²) in [6.45, 7) is 5.31. The average molecular weight is 311 g/mol. The topological polar surface area (TPSA) is 97.4 Å². The number of hydrogen-bond acceptors (Lipinski definition) is 6. The third kappa shape index (κ3) is 3.38. The summed E-state index contributed by atoms with van der Waals surface area (Å²) in [5, 5.41) is 6.94. The Bertz CT molecular complexity index is 564. The average Bonchev–Trinajstić information content (AvgIpc) is 2.93. The van der Waals surface area contributed by atoms with Gasteiger partial charge in [-0.3, -0.25) is 14.9 Å². The number of rotatable bonds is 4. The lowest BCUT2D eigenvalue weighted by molar-refractivity contribution is -0.155. The molecule has 0 unspecified atom stereocenters. The van der Waals surface area contributed by atoms with Crippen molar-refractivity contribution in [2.45, 2.75) is 44.8 Å². The first-order valence-corrected chi connectivity index (χ1v) is 7.36. The molecule has 2 N–H and O–H groups in total. The van der Waals surface area contributed by atoms with Crippen LogP contribution in [0.2, 0.25) is 0 Å². The standard InChI is InChI=1S/C13H17N3O4S/c1-12(2,3)20-8(17)4-5-13(10-14-6-7-21-10)9(18)15-11(19)16-13/h6-7H,4-5H2,1-3H3,(H2,15,16,18,19)/t13-/m0/s1. The number of urea groups is 1. The highest BCUT2D eigenvalue weighted by molar-refractivity contribution is 7.09. The van der Waals surface area contributed by atoms with Crippen LogP contribution in [-0.2, 0) is 19.9 Å². The van der Waals surface area contributed by atoms with Gasteiger partial charge in [-0.2, -0.15) is 0 Å². The van der Waals surface area contributed by atoms with Crippen molar-refractivity contribution in [1.29, 1.82) is 0 Å². The Morgan fingerprint density at radius 3 is 2.62 bits per heavy atom. The van der Waals surface area contributed by atoms with Gasteiger partial charge in [0.1, 0.15) is 10.6 Å². The number of amides is 3. The zero-order valence-electron chi connectivity index (χ0n) is 12.1. The van der Waals surface area contributed by atoms with Crippen LogP contribution in [0.4, 0.5) is 4.79 Å². The summed E-state index contributed by atoms with van der Waals surface area (Å²) >= 11 is 1.25. The van der Waals surface area contributed by atoms with E-state index in [1.807, 2.05) is 0 Å². The normalized spacial score (nSPS) is 21.9. The molecule has 0 bridgehead atoms. The minimum absolute atomic E-state index is 0.00451. The van der Waals surface area contributed by atoms with Gasteiger partial charge in [0.2, 0.25) is 0 Å². The highest BCUT2D eigenvalue weighted by atomic mass is 32.1. The molecule has 1 aromatic heterocycles. The van der Waals surface area contributed by atoms with Gasteiger partial charge in [0.25, 0.3) is 5.91 Å². The first-order valence-electron chi connectivity index (χ1n) is 6.48. The van der Waals surface area contributed by atoms with Crippen LogP contribution in [0, 0.1) is 0 Å². The summed E-state index contributed by atoms with van der Waals surface area (Å²) in [6.07, 6.45) is 1.66. The molecule has 1 aromatic rings. The smallest absolute Gasteiger partial charge is 0.322 e. The minimum Gasteiger partial charge on any atom is -0.460 e. The summed E-state index contributed by atoms with van der Waals surface area (Å²) in [5.41, 5.74) is -1.88. The van der Waals surface area contributed by atoms with Gasteiger partial charge >= 0.3 is 12.0 Å². The molecule has 2 heterocycles. The number of aromatic nitrogens is 1. The van der Waals surface area contributed by atoms with E-state index in [2.05, 4.69) is 15.6 Å². The molecule has 1 aliphatic heterocycles. The quantitative estimate of drug-likeness (QED) is 0.645. The van der Waals surface area contributed by atoms with E-state index in [1.54, 1.807) is 32.3 Å². The Kier molecular flexibility index (Phi) is 3.99. The van der Waals surface area contributed by atoms with Crippen LogP contribution >= 0.6 is 11.3 Å². The monoisotopic (exact) mass is 311 g/mol. The molecule has 1 saturated heterocycles. The van der Waals surface area contributed by atoms with Gasteiger partial charge in [-0.05, 0) is 27.2 Å². The number of nitrogens with one attached hydrogen (secondary N) is 2. The predicted octanol–water partition coefficient (Wildman–Crippen LogP) is 1.30. The first kappa shape index (κ1) is 15.4. The molecule has 8 heteroatoms. The van der Waals surface area contributed by atoms with Crippen molar-refractivity contribution in [3.05, 3.63) is 16.6 Å². The van der Waals surface area contributed by atoms with Crippen molar-refractivity contribution in [3.8, 4) is 0 Å². The zero-order valence-corrected chi connectivity index (χ0v) is 12.9. The maximum Gasteiger partial charge on any atom is 0.322 e. The minimum atomic E-state index is -1.29. The van der Waals surface area contributed by atoms with Gasteiger partial charge in [0.05, 0.1) is 0 Å². The molecule has 7 nitrogen and oxygen atoms in total. The summed E-state index contributed by atoms with van der Waals surface area (Å²) in [7, 11) is 0. The maximum atomic E-state index is 12.1. The molecule has 1 aliphatic rings. The van der Waals surface area contributed by atoms with E-state index in [4.69, 9.17) is 4.74 Å². The van der Waals surface area contributed by atoms with Crippen molar-refractivity contribution in [2.24, 2.45) is 0 Å². The molecule has 21 heavy (non-hydrogen) atoms. The van der Waals surface area contributed by atoms with Crippen molar-refractivity contribution < 1.29 is 19.1 Å². The number of esters is 1. The summed E-state index contributed by atoms with van der Waals surface area (Å²) in [4.78, 5) is 39.5. The third-order valence-corrected chi connectivity index (χ3v) is 3.80. The second-order valence-electron chi connectivity index (χ2n) is 5.74. The lowest BCUT2D eigenvalue weighted by Crippen LogP contribution is -2.44. The second kappa shape index (κ2) is 5.44. The number of ether oxygens (including phenoxy) is 1. The highest BCUT2D eigenvalue weighted by Gasteiger charge is 2.49. The van der Waals surface area contributed by atoms with E-state index in [0.29, 0.717) is 5.01 Å². The molecular weight excluding hydrogens is 294 g/mol. The summed E-state index contributed by atoms with van der Waals surface area (Å²) in [5.74, 6) is -0.918. The molecule has 0 saturated carbocycles. The van der Waals surface area contributed by atoms with Crippen LogP contribution in [0.3, 0.4) is 0 Å². The molecule has 0 aromatic carbocycles. The second-order valence-corrected chi connectivity index (χ2v) is 6.63. The molecular formula is C13H17N3O4S. The van der Waals surface area contributed by atoms with Crippen LogP contribution in [-0.4, -0.2) is 28.5 Å². The lowest BCUT2D eigenvalue weighted by Gasteiger charge is -2.24. The molecule has 0 radical (unpaired) electrons. The summed E-state index contributed by atoms with van der Waals surface area (Å²) < 4.78 is 5.22. The Hall–Kier alpha value is -1.96. The molecule has 3 amide bonds. The fourth-order valence-corrected chi connectivity index (χ4v) is 2.86. The number of thiazole rings is 1. The Labute approximate surface area is 126 Å². The van der Waals surface area contributed by atoms with Crippen LogP contribution < -0.4 is 10.6 Å². The Balaban J connectivity index is 2.14. The number of nitrogens with zero attached hydrogens (tertiary/aromatic N) is 1. The van der Waals surface area contributed by atoms with Gasteiger partial charge in [0.15, 0.2) is 5.54 Å². The van der Waals surface area contributed by atoms with Gasteiger partial charge < -0.3 is 10.1 Å². The van der Waals surface area contributed by atoms with Crippen LogP contribution in [0.25, 0.3) is 0 Å². The molecule has 0 spiro atoms. The highest BCUT2D eigenvalue weighted by Crippen LogP contribution is 2.31. The fraction of sp³-hybridized carbons (Fsp3) is 0.538. The van der Waals surface area contributed by atoms with Crippen molar-refractivity contribution in [2.75, 3.05) is 0 Å². The molecule has 1 atom stereocenters. The fourth-order valence-electron chi connectivity index (χ4n) is 2.04. The molecule has 1 fully saturated rings. The number of imide groups is 1. The number of carbonyl (C=O) groups excluding carboxylic acids is 3. The van der Waals surface area contributed by atoms with Crippen LogP contribution in [0.15, 0.2) is 11.6 Å². The van der Waals surface area contributed by atoms with Crippen molar-refractivity contribution in [3.63, 3.8) is 0 Å². The van der Waals surface area contributed by atoms with Crippen molar-refractivity contribution in [1.82, 2.24) is 15.6 Å². The van der Waals surface area contributed by atoms with E-state index < -0.39 is 29.0 Å². The van der Waals surface area contributed by atoms with E-state index in [9.17, 15) is 14.4 Å². The third-order valence-electron chi connectivity index (χ3n) is 2.86. The van der Waals surface area contributed by atoms with Crippen LogP contribution in [0.5, 0.6) is 0 Å². The predicted molar refractivity (Wildman–Crippen MR) is 75.5 cm³/mol. The van der Waals surface area contributed by atoms with Crippen LogP contribution in [0.1, 0.15) is 38.6 Å². The Morgan fingerprint density at radius 1 is 1.43 bits per heavy atom. The lowest BCUT2D eigenvalue weighted by atomic mass is 9.94.